The first kappa shape index (κ1) is 18.7. The Morgan fingerprint density at radius 3 is 2.27 bits per heavy atom. The number of halogens is 2. The second-order valence-corrected chi connectivity index (χ2v) is 6.64. The Bertz CT molecular complexity index is 668. The number of nitrogens with one attached hydrogen (secondary N) is 1. The molecule has 7 nitrogen and oxygen atoms in total. The van der Waals surface area contributed by atoms with Crippen LogP contribution in [0.2, 0.25) is 10.0 Å². The molecule has 0 aliphatic rings. The summed E-state index contributed by atoms with van der Waals surface area (Å²) in [4.78, 5) is 22.5. The highest BCUT2D eigenvalue weighted by Crippen LogP contribution is 2.33. The van der Waals surface area contributed by atoms with Crippen LogP contribution >= 0.6 is 23.2 Å². The smallest absolute Gasteiger partial charge is 0.306 e. The SMILES string of the molecule is CCCC(=O)OCC(=O)Nc1c(Cl)cc(S(N)(=O)=O)cc1Cl. The first-order valence-corrected chi connectivity index (χ1v) is 8.42. The van der Waals surface area contributed by atoms with Gasteiger partial charge in [-0.1, -0.05) is 30.1 Å². The lowest BCUT2D eigenvalue weighted by atomic mass is 10.3. The number of hydrogen-bond donors (Lipinski definition) is 2. The third kappa shape index (κ3) is 5.45. The summed E-state index contributed by atoms with van der Waals surface area (Å²) in [5, 5.41) is 7.09. The molecule has 0 radical (unpaired) electrons. The number of anilines is 1. The van der Waals surface area contributed by atoms with Gasteiger partial charge in [-0.05, 0) is 18.6 Å². The van der Waals surface area contributed by atoms with Gasteiger partial charge in [0, 0.05) is 6.42 Å². The van der Waals surface area contributed by atoms with Gasteiger partial charge in [0.1, 0.15) is 0 Å². The Kier molecular flexibility index (Phi) is 6.61. The average Bonchev–Trinajstić information content (AvgIpc) is 2.39. The lowest BCUT2D eigenvalue weighted by Crippen LogP contribution is -2.21. The molecule has 0 fully saturated rings. The van der Waals surface area contributed by atoms with Crippen molar-refractivity contribution in [2.75, 3.05) is 11.9 Å². The summed E-state index contributed by atoms with van der Waals surface area (Å²) in [5.41, 5.74) is 0.00674. The number of sulfonamides is 1. The van der Waals surface area contributed by atoms with E-state index in [1.54, 1.807) is 6.92 Å². The number of benzene rings is 1. The largest absolute Gasteiger partial charge is 0.456 e. The van der Waals surface area contributed by atoms with Crippen LogP contribution in [-0.4, -0.2) is 26.9 Å². The van der Waals surface area contributed by atoms with E-state index in [4.69, 9.17) is 33.1 Å². The van der Waals surface area contributed by atoms with Crippen molar-refractivity contribution < 1.29 is 22.7 Å². The first-order chi connectivity index (χ1) is 10.1. The lowest BCUT2D eigenvalue weighted by molar-refractivity contribution is -0.147. The number of esters is 1. The standard InChI is InChI=1S/C12H14Cl2N2O5S/c1-2-3-11(18)21-6-10(17)16-12-8(13)4-7(5-9(12)14)22(15,19)20/h4-5H,2-3,6H2,1H3,(H,16,17)(H2,15,19,20). The molecule has 22 heavy (non-hydrogen) atoms. The van der Waals surface area contributed by atoms with Gasteiger partial charge in [-0.15, -0.1) is 0 Å². The summed E-state index contributed by atoms with van der Waals surface area (Å²) < 4.78 is 27.2. The second kappa shape index (κ2) is 7.77. The van der Waals surface area contributed by atoms with Crippen molar-refractivity contribution in [3.05, 3.63) is 22.2 Å². The van der Waals surface area contributed by atoms with Crippen LogP contribution in [0.3, 0.4) is 0 Å². The predicted molar refractivity (Wildman–Crippen MR) is 82.3 cm³/mol. The van der Waals surface area contributed by atoms with Gasteiger partial charge in [-0.2, -0.15) is 0 Å². The highest BCUT2D eigenvalue weighted by atomic mass is 35.5. The lowest BCUT2D eigenvalue weighted by Gasteiger charge is -2.11. The molecule has 1 amide bonds. The van der Waals surface area contributed by atoms with E-state index >= 15 is 0 Å². The summed E-state index contributed by atoms with van der Waals surface area (Å²) in [6.45, 7) is 1.30. The second-order valence-electron chi connectivity index (χ2n) is 4.27. The Labute approximate surface area is 137 Å². The fourth-order valence-electron chi connectivity index (χ4n) is 1.43. The van der Waals surface area contributed by atoms with Crippen LogP contribution in [0.4, 0.5) is 5.69 Å². The molecular weight excluding hydrogens is 355 g/mol. The van der Waals surface area contributed by atoms with Crippen molar-refractivity contribution >= 4 is 50.8 Å². The Hall–Kier alpha value is -1.35. The summed E-state index contributed by atoms with van der Waals surface area (Å²) in [6.07, 6.45) is 0.810. The van der Waals surface area contributed by atoms with Crippen molar-refractivity contribution in [2.24, 2.45) is 5.14 Å². The van der Waals surface area contributed by atoms with Crippen molar-refractivity contribution in [2.45, 2.75) is 24.7 Å². The molecule has 0 saturated heterocycles. The van der Waals surface area contributed by atoms with Gasteiger partial charge in [0.05, 0.1) is 20.6 Å². The van der Waals surface area contributed by atoms with Crippen LogP contribution < -0.4 is 10.5 Å². The van der Waals surface area contributed by atoms with Gasteiger partial charge in [-0.25, -0.2) is 13.6 Å². The fraction of sp³-hybridized carbons (Fsp3) is 0.333. The summed E-state index contributed by atoms with van der Waals surface area (Å²) in [5.74, 6) is -1.16. The number of hydrogen-bond acceptors (Lipinski definition) is 5. The van der Waals surface area contributed by atoms with E-state index in [0.29, 0.717) is 6.42 Å². The van der Waals surface area contributed by atoms with Crippen molar-refractivity contribution in [3.8, 4) is 0 Å². The van der Waals surface area contributed by atoms with Crippen LogP contribution in [0.15, 0.2) is 17.0 Å². The zero-order valence-corrected chi connectivity index (χ0v) is 13.9. The zero-order valence-electron chi connectivity index (χ0n) is 11.6. The maximum atomic E-state index is 11.7. The average molecular weight is 369 g/mol. The van der Waals surface area contributed by atoms with Gasteiger partial charge < -0.3 is 10.1 Å². The number of nitrogens with two attached hydrogens (primary N) is 1. The number of ether oxygens (including phenoxy) is 1. The fourth-order valence-corrected chi connectivity index (χ4v) is 2.71. The van der Waals surface area contributed by atoms with E-state index in [0.717, 1.165) is 12.1 Å². The maximum Gasteiger partial charge on any atom is 0.306 e. The molecule has 0 aromatic heterocycles. The minimum atomic E-state index is -3.97. The summed E-state index contributed by atoms with van der Waals surface area (Å²) in [6, 6.07) is 2.11. The van der Waals surface area contributed by atoms with Crippen LogP contribution in [0, 0.1) is 0 Å². The van der Waals surface area contributed by atoms with E-state index in [1.165, 1.54) is 0 Å². The van der Waals surface area contributed by atoms with E-state index in [-0.39, 0.29) is 27.0 Å². The summed E-state index contributed by atoms with van der Waals surface area (Å²) >= 11 is 11.7. The summed E-state index contributed by atoms with van der Waals surface area (Å²) in [7, 11) is -3.97. The molecule has 1 rings (SSSR count). The Morgan fingerprint density at radius 1 is 1.27 bits per heavy atom. The molecule has 10 heteroatoms. The maximum absolute atomic E-state index is 11.7. The minimum absolute atomic E-state index is 0.00674. The van der Waals surface area contributed by atoms with Gasteiger partial charge in [0.15, 0.2) is 6.61 Å². The zero-order chi connectivity index (χ0) is 16.9. The van der Waals surface area contributed by atoms with Crippen LogP contribution in [0.5, 0.6) is 0 Å². The van der Waals surface area contributed by atoms with Crippen LogP contribution in [-0.2, 0) is 24.3 Å². The molecule has 1 aromatic rings. The monoisotopic (exact) mass is 368 g/mol. The van der Waals surface area contributed by atoms with Crippen LogP contribution in [0.1, 0.15) is 19.8 Å². The third-order valence-corrected chi connectivity index (χ3v) is 3.92. The molecule has 122 valence electrons. The number of rotatable bonds is 6. The third-order valence-electron chi connectivity index (χ3n) is 2.43. The van der Waals surface area contributed by atoms with Crippen LogP contribution in [0.25, 0.3) is 0 Å². The van der Waals surface area contributed by atoms with Gasteiger partial charge >= 0.3 is 5.97 Å². The van der Waals surface area contributed by atoms with Crippen molar-refractivity contribution in [3.63, 3.8) is 0 Å². The molecule has 3 N–H and O–H groups in total. The molecule has 0 heterocycles. The topological polar surface area (TPSA) is 116 Å². The number of carbonyl (C=O) groups is 2. The number of amides is 1. The van der Waals surface area contributed by atoms with Gasteiger partial charge in [0.25, 0.3) is 5.91 Å². The molecule has 0 bridgehead atoms. The quantitative estimate of drug-likeness (QED) is 0.744. The molecule has 0 atom stereocenters. The minimum Gasteiger partial charge on any atom is -0.456 e. The van der Waals surface area contributed by atoms with Crippen molar-refractivity contribution in [1.82, 2.24) is 0 Å². The van der Waals surface area contributed by atoms with E-state index < -0.39 is 28.5 Å². The molecule has 0 unspecified atom stereocenters. The molecule has 0 aliphatic heterocycles. The Balaban J connectivity index is 2.82. The highest BCUT2D eigenvalue weighted by Gasteiger charge is 2.17. The van der Waals surface area contributed by atoms with E-state index in [2.05, 4.69) is 5.32 Å². The molecule has 0 aliphatic carbocycles. The van der Waals surface area contributed by atoms with E-state index in [1.807, 2.05) is 0 Å². The normalized spacial score (nSPS) is 11.1. The van der Waals surface area contributed by atoms with Gasteiger partial charge in [-0.3, -0.25) is 9.59 Å². The molecule has 1 aromatic carbocycles. The molecule has 0 spiro atoms. The molecular formula is C12H14Cl2N2O5S. The number of primary sulfonamides is 1. The van der Waals surface area contributed by atoms with Gasteiger partial charge in [0.2, 0.25) is 10.0 Å². The van der Waals surface area contributed by atoms with E-state index in [9.17, 15) is 18.0 Å². The first-order valence-electron chi connectivity index (χ1n) is 6.12. The Morgan fingerprint density at radius 2 is 1.82 bits per heavy atom. The highest BCUT2D eigenvalue weighted by molar-refractivity contribution is 7.89. The van der Waals surface area contributed by atoms with Crippen molar-refractivity contribution in [1.29, 1.82) is 0 Å². The predicted octanol–water partition coefficient (Wildman–Crippen LogP) is 1.92. The number of carbonyl (C=O) groups excluding carboxylic acids is 2. The molecule has 0 saturated carbocycles.